The Hall–Kier alpha value is -2.22. The SMILES string of the molecule is CCCCCCCCCN1C=CN(C)C1(Cc1ccccc1)C(CC)c1ccccc1. The molecular weight excluding hydrogens is 376 g/mol. The zero-order chi connectivity index (χ0) is 21.9. The number of likely N-dealkylation sites (N-methyl/N-ethyl adjacent to an activating group) is 1. The van der Waals surface area contributed by atoms with Gasteiger partial charge < -0.3 is 9.80 Å². The lowest BCUT2D eigenvalue weighted by molar-refractivity contribution is 0.0121. The second-order valence-electron chi connectivity index (χ2n) is 9.14. The average Bonchev–Trinajstić information content (AvgIpc) is 3.11. The Morgan fingerprint density at radius 1 is 0.742 bits per heavy atom. The first-order valence-corrected chi connectivity index (χ1v) is 12.5. The summed E-state index contributed by atoms with van der Waals surface area (Å²) in [5, 5.41) is 0. The molecule has 2 aromatic rings. The number of rotatable bonds is 13. The fourth-order valence-corrected chi connectivity index (χ4v) is 5.36. The van der Waals surface area contributed by atoms with Crippen LogP contribution >= 0.6 is 0 Å². The summed E-state index contributed by atoms with van der Waals surface area (Å²) in [6, 6.07) is 22.2. The summed E-state index contributed by atoms with van der Waals surface area (Å²) < 4.78 is 0. The summed E-state index contributed by atoms with van der Waals surface area (Å²) in [4.78, 5) is 5.15. The predicted molar refractivity (Wildman–Crippen MR) is 134 cm³/mol. The van der Waals surface area contributed by atoms with E-state index in [0.29, 0.717) is 5.92 Å². The smallest absolute Gasteiger partial charge is 0.123 e. The molecule has 2 atom stereocenters. The van der Waals surface area contributed by atoms with Crippen LogP contribution in [-0.4, -0.2) is 29.1 Å². The molecule has 2 unspecified atom stereocenters. The Kier molecular flexibility index (Phi) is 9.06. The quantitative estimate of drug-likeness (QED) is 0.309. The summed E-state index contributed by atoms with van der Waals surface area (Å²) in [6.07, 6.45) is 16.3. The number of hydrogen-bond acceptors (Lipinski definition) is 2. The van der Waals surface area contributed by atoms with Gasteiger partial charge in [0.05, 0.1) is 0 Å². The second kappa shape index (κ2) is 12.0. The summed E-state index contributed by atoms with van der Waals surface area (Å²) in [7, 11) is 2.27. The maximum atomic E-state index is 2.66. The summed E-state index contributed by atoms with van der Waals surface area (Å²) in [6.45, 7) is 5.77. The monoisotopic (exact) mass is 418 g/mol. The van der Waals surface area contributed by atoms with E-state index < -0.39 is 0 Å². The number of unbranched alkanes of at least 4 members (excludes halogenated alkanes) is 6. The maximum absolute atomic E-state index is 2.66. The summed E-state index contributed by atoms with van der Waals surface area (Å²) in [5.74, 6) is 0.443. The molecule has 168 valence electrons. The van der Waals surface area contributed by atoms with Crippen LogP contribution in [0, 0.1) is 0 Å². The van der Waals surface area contributed by atoms with E-state index in [1.807, 2.05) is 0 Å². The lowest BCUT2D eigenvalue weighted by Crippen LogP contribution is -2.58. The predicted octanol–water partition coefficient (Wildman–Crippen LogP) is 7.59. The van der Waals surface area contributed by atoms with Gasteiger partial charge in [-0.2, -0.15) is 0 Å². The third-order valence-corrected chi connectivity index (χ3v) is 7.06. The molecule has 2 aromatic carbocycles. The van der Waals surface area contributed by atoms with Crippen LogP contribution in [0.1, 0.15) is 82.3 Å². The van der Waals surface area contributed by atoms with Gasteiger partial charge in [0.25, 0.3) is 0 Å². The van der Waals surface area contributed by atoms with Gasteiger partial charge in [0.2, 0.25) is 0 Å². The molecule has 0 fully saturated rings. The number of nitrogens with zero attached hydrogens (tertiary/aromatic N) is 2. The lowest BCUT2D eigenvalue weighted by Gasteiger charge is -2.50. The van der Waals surface area contributed by atoms with Crippen molar-refractivity contribution in [3.05, 3.63) is 84.2 Å². The van der Waals surface area contributed by atoms with Crippen molar-refractivity contribution in [3.8, 4) is 0 Å². The van der Waals surface area contributed by atoms with Crippen molar-refractivity contribution in [3.63, 3.8) is 0 Å². The Bertz CT molecular complexity index is 770. The Morgan fingerprint density at radius 3 is 2.00 bits per heavy atom. The van der Waals surface area contributed by atoms with Gasteiger partial charge >= 0.3 is 0 Å². The molecule has 0 spiro atoms. The molecule has 3 rings (SSSR count). The van der Waals surface area contributed by atoms with Crippen LogP contribution in [-0.2, 0) is 6.42 Å². The van der Waals surface area contributed by atoms with Crippen molar-refractivity contribution in [2.45, 2.75) is 83.2 Å². The molecule has 1 heterocycles. The molecular formula is C29H42N2. The van der Waals surface area contributed by atoms with Gasteiger partial charge in [0.15, 0.2) is 0 Å². The molecule has 0 aliphatic carbocycles. The van der Waals surface area contributed by atoms with Gasteiger partial charge in [-0.3, -0.25) is 0 Å². The van der Waals surface area contributed by atoms with Gasteiger partial charge in [-0.15, -0.1) is 0 Å². The molecule has 0 bridgehead atoms. The molecule has 0 radical (unpaired) electrons. The highest BCUT2D eigenvalue weighted by atomic mass is 15.4. The molecule has 0 saturated carbocycles. The van der Waals surface area contributed by atoms with Gasteiger partial charge in [-0.25, -0.2) is 0 Å². The van der Waals surface area contributed by atoms with Crippen molar-refractivity contribution in [1.82, 2.24) is 9.80 Å². The van der Waals surface area contributed by atoms with Gasteiger partial charge in [0, 0.05) is 38.3 Å². The largest absolute Gasteiger partial charge is 0.356 e. The zero-order valence-corrected chi connectivity index (χ0v) is 20.0. The molecule has 2 heteroatoms. The molecule has 0 saturated heterocycles. The first-order valence-electron chi connectivity index (χ1n) is 12.5. The Balaban J connectivity index is 1.81. The third kappa shape index (κ3) is 5.73. The van der Waals surface area contributed by atoms with Crippen molar-refractivity contribution in [2.24, 2.45) is 0 Å². The first kappa shape index (κ1) is 23.4. The van der Waals surface area contributed by atoms with E-state index in [-0.39, 0.29) is 5.66 Å². The second-order valence-corrected chi connectivity index (χ2v) is 9.14. The van der Waals surface area contributed by atoms with Crippen molar-refractivity contribution >= 4 is 0 Å². The first-order chi connectivity index (χ1) is 15.2. The summed E-state index contributed by atoms with van der Waals surface area (Å²) >= 11 is 0. The fourth-order valence-electron chi connectivity index (χ4n) is 5.36. The topological polar surface area (TPSA) is 6.48 Å². The number of hydrogen-bond donors (Lipinski definition) is 0. The van der Waals surface area contributed by atoms with E-state index in [0.717, 1.165) is 19.4 Å². The van der Waals surface area contributed by atoms with Crippen LogP contribution in [0.3, 0.4) is 0 Å². The average molecular weight is 419 g/mol. The van der Waals surface area contributed by atoms with E-state index in [1.54, 1.807) is 0 Å². The molecule has 1 aliphatic rings. The minimum absolute atomic E-state index is 0.0559. The van der Waals surface area contributed by atoms with E-state index in [4.69, 9.17) is 0 Å². The van der Waals surface area contributed by atoms with Crippen LogP contribution in [0.15, 0.2) is 73.1 Å². The van der Waals surface area contributed by atoms with E-state index in [9.17, 15) is 0 Å². The van der Waals surface area contributed by atoms with Gasteiger partial charge in [-0.05, 0) is 24.0 Å². The maximum Gasteiger partial charge on any atom is 0.123 e. The lowest BCUT2D eigenvalue weighted by atomic mass is 9.78. The third-order valence-electron chi connectivity index (χ3n) is 7.06. The van der Waals surface area contributed by atoms with E-state index in [2.05, 4.69) is 104 Å². The molecule has 0 N–H and O–H groups in total. The highest BCUT2D eigenvalue weighted by Crippen LogP contribution is 2.44. The Labute approximate surface area is 191 Å². The van der Waals surface area contributed by atoms with Crippen LogP contribution in [0.25, 0.3) is 0 Å². The molecule has 1 aliphatic heterocycles. The van der Waals surface area contributed by atoms with Crippen LogP contribution in [0.2, 0.25) is 0 Å². The van der Waals surface area contributed by atoms with Crippen LogP contribution in [0.5, 0.6) is 0 Å². The van der Waals surface area contributed by atoms with Crippen molar-refractivity contribution < 1.29 is 0 Å². The highest BCUT2D eigenvalue weighted by Gasteiger charge is 2.47. The van der Waals surface area contributed by atoms with Crippen LogP contribution in [0.4, 0.5) is 0 Å². The zero-order valence-electron chi connectivity index (χ0n) is 20.0. The molecule has 31 heavy (non-hydrogen) atoms. The fraction of sp³-hybridized carbons (Fsp3) is 0.517. The van der Waals surface area contributed by atoms with Crippen LogP contribution < -0.4 is 0 Å². The van der Waals surface area contributed by atoms with Crippen molar-refractivity contribution in [1.29, 1.82) is 0 Å². The standard InChI is InChI=1S/C29H42N2/c1-4-6-7-8-9-10-17-22-31-24-23-30(3)29(31,25-26-18-13-11-14-19-26)28(5-2)27-20-15-12-16-21-27/h11-16,18-21,23-24,28H,4-10,17,22,25H2,1-3H3. The molecule has 0 aromatic heterocycles. The van der Waals surface area contributed by atoms with Gasteiger partial charge in [-0.1, -0.05) is 113 Å². The molecule has 2 nitrogen and oxygen atoms in total. The van der Waals surface area contributed by atoms with E-state index in [1.165, 1.54) is 56.1 Å². The van der Waals surface area contributed by atoms with Crippen molar-refractivity contribution in [2.75, 3.05) is 13.6 Å². The normalized spacial score (nSPS) is 19.2. The summed E-state index contributed by atoms with van der Waals surface area (Å²) in [5.41, 5.74) is 2.80. The Morgan fingerprint density at radius 2 is 1.35 bits per heavy atom. The van der Waals surface area contributed by atoms with Gasteiger partial charge in [0.1, 0.15) is 5.66 Å². The van der Waals surface area contributed by atoms with E-state index >= 15 is 0 Å². The minimum atomic E-state index is -0.0559. The molecule has 0 amide bonds. The number of benzene rings is 2. The highest BCUT2D eigenvalue weighted by molar-refractivity contribution is 5.30. The minimum Gasteiger partial charge on any atom is -0.356 e.